The van der Waals surface area contributed by atoms with Crippen LogP contribution in [0, 0.1) is 0 Å². The molecule has 1 unspecified atom stereocenters. The fourth-order valence-electron chi connectivity index (χ4n) is 1.74. The molecule has 2 rings (SSSR count). The number of amides is 1. The van der Waals surface area contributed by atoms with Crippen LogP contribution in [0.2, 0.25) is 0 Å². The van der Waals surface area contributed by atoms with Crippen LogP contribution in [0.3, 0.4) is 0 Å². The molecule has 2 N–H and O–H groups in total. The second kappa shape index (κ2) is 4.33. The second-order valence-electron chi connectivity index (χ2n) is 3.84. The molecule has 16 heavy (non-hydrogen) atoms. The molecule has 0 radical (unpaired) electrons. The molecule has 1 aliphatic heterocycles. The molecule has 1 saturated heterocycles. The molecule has 0 aliphatic carbocycles. The molecule has 1 amide bonds. The average Bonchev–Trinajstić information content (AvgIpc) is 2.68. The highest BCUT2D eigenvalue weighted by Crippen LogP contribution is 2.26. The lowest BCUT2D eigenvalue weighted by Crippen LogP contribution is -2.28. The second-order valence-corrected chi connectivity index (χ2v) is 5.14. The molecule has 0 aromatic heterocycles. The van der Waals surface area contributed by atoms with E-state index in [2.05, 4.69) is 15.9 Å². The van der Waals surface area contributed by atoms with Crippen LogP contribution < -0.4 is 0 Å². The minimum absolute atomic E-state index is 0.114. The van der Waals surface area contributed by atoms with Gasteiger partial charge in [0.2, 0.25) is 0 Å². The summed E-state index contributed by atoms with van der Waals surface area (Å²) in [5.41, 5.74) is 0.400. The van der Waals surface area contributed by atoms with Gasteiger partial charge < -0.3 is 15.1 Å². The van der Waals surface area contributed by atoms with Gasteiger partial charge in [0.15, 0.2) is 11.5 Å². The number of phenolic OH excluding ortho intramolecular Hbond substituents is 2. The number of phenols is 2. The van der Waals surface area contributed by atoms with Crippen molar-refractivity contribution in [3.8, 4) is 11.5 Å². The summed E-state index contributed by atoms with van der Waals surface area (Å²) in [6.45, 7) is 1.40. The lowest BCUT2D eigenvalue weighted by Gasteiger charge is -2.15. The number of benzene rings is 1. The lowest BCUT2D eigenvalue weighted by molar-refractivity contribution is 0.0793. The zero-order valence-electron chi connectivity index (χ0n) is 8.56. The predicted octanol–water partition coefficient (Wildman–Crippen LogP) is 1.71. The minimum Gasteiger partial charge on any atom is -0.504 e. The smallest absolute Gasteiger partial charge is 0.254 e. The number of hydrogen-bond donors (Lipinski definition) is 2. The van der Waals surface area contributed by atoms with Gasteiger partial charge in [-0.2, -0.15) is 0 Å². The third kappa shape index (κ3) is 2.14. The van der Waals surface area contributed by atoms with Crippen LogP contribution >= 0.6 is 15.9 Å². The number of alkyl halides is 1. The standard InChI is InChI=1S/C11H12BrNO3/c12-8-3-4-13(6-8)11(16)7-1-2-9(14)10(15)5-7/h1-2,5,8,14-15H,3-4,6H2. The summed E-state index contributed by atoms with van der Waals surface area (Å²) < 4.78 is 0. The van der Waals surface area contributed by atoms with Gasteiger partial charge in [-0.1, -0.05) is 15.9 Å². The lowest BCUT2D eigenvalue weighted by atomic mass is 10.2. The maximum Gasteiger partial charge on any atom is 0.254 e. The van der Waals surface area contributed by atoms with Gasteiger partial charge in [0.05, 0.1) is 0 Å². The zero-order valence-corrected chi connectivity index (χ0v) is 10.1. The van der Waals surface area contributed by atoms with Gasteiger partial charge in [-0.05, 0) is 24.6 Å². The topological polar surface area (TPSA) is 60.8 Å². The van der Waals surface area contributed by atoms with E-state index in [1.807, 2.05) is 0 Å². The molecule has 1 aliphatic rings. The first-order valence-corrected chi connectivity index (χ1v) is 5.95. The van der Waals surface area contributed by atoms with Crippen molar-refractivity contribution >= 4 is 21.8 Å². The van der Waals surface area contributed by atoms with Gasteiger partial charge in [-0.15, -0.1) is 0 Å². The number of likely N-dealkylation sites (tertiary alicyclic amines) is 1. The molecule has 0 bridgehead atoms. The van der Waals surface area contributed by atoms with Crippen molar-refractivity contribution in [2.75, 3.05) is 13.1 Å². The van der Waals surface area contributed by atoms with Crippen molar-refractivity contribution < 1.29 is 15.0 Å². The first kappa shape index (κ1) is 11.3. The Morgan fingerprint density at radius 1 is 1.38 bits per heavy atom. The Bertz CT molecular complexity index is 422. The minimum atomic E-state index is -0.263. The largest absolute Gasteiger partial charge is 0.504 e. The molecular formula is C11H12BrNO3. The summed E-state index contributed by atoms with van der Waals surface area (Å²) in [4.78, 5) is 14.0. The molecule has 1 aromatic rings. The van der Waals surface area contributed by atoms with Crippen LogP contribution in [0.25, 0.3) is 0 Å². The summed E-state index contributed by atoms with van der Waals surface area (Å²) in [7, 11) is 0. The summed E-state index contributed by atoms with van der Waals surface area (Å²) in [6.07, 6.45) is 0.940. The third-order valence-electron chi connectivity index (χ3n) is 2.64. The zero-order chi connectivity index (χ0) is 11.7. The van der Waals surface area contributed by atoms with Crippen molar-refractivity contribution in [3.63, 3.8) is 0 Å². The van der Waals surface area contributed by atoms with Crippen LogP contribution in [-0.2, 0) is 0 Å². The number of halogens is 1. The fraction of sp³-hybridized carbons (Fsp3) is 0.364. The van der Waals surface area contributed by atoms with Gasteiger partial charge in [0.1, 0.15) is 0 Å². The molecule has 0 saturated carbocycles. The molecule has 1 atom stereocenters. The van der Waals surface area contributed by atoms with E-state index >= 15 is 0 Å². The van der Waals surface area contributed by atoms with E-state index < -0.39 is 0 Å². The molecular weight excluding hydrogens is 274 g/mol. The Morgan fingerprint density at radius 3 is 2.69 bits per heavy atom. The Hall–Kier alpha value is -1.23. The maximum atomic E-state index is 12.0. The van der Waals surface area contributed by atoms with Gasteiger partial charge in [-0.25, -0.2) is 0 Å². The normalized spacial score (nSPS) is 20.1. The van der Waals surface area contributed by atoms with Gasteiger partial charge in [0, 0.05) is 23.5 Å². The van der Waals surface area contributed by atoms with Crippen LogP contribution in [0.15, 0.2) is 18.2 Å². The first-order chi connectivity index (χ1) is 7.58. The highest BCUT2D eigenvalue weighted by atomic mass is 79.9. The molecule has 86 valence electrons. The summed E-state index contributed by atoms with van der Waals surface area (Å²) >= 11 is 3.46. The highest BCUT2D eigenvalue weighted by molar-refractivity contribution is 9.09. The number of hydrogen-bond acceptors (Lipinski definition) is 3. The van der Waals surface area contributed by atoms with E-state index in [0.29, 0.717) is 16.9 Å². The van der Waals surface area contributed by atoms with E-state index in [9.17, 15) is 9.90 Å². The Labute approximate surface area is 102 Å². The summed E-state index contributed by atoms with van der Waals surface area (Å²) in [6, 6.07) is 4.13. The van der Waals surface area contributed by atoms with E-state index in [0.717, 1.165) is 13.0 Å². The Balaban J connectivity index is 2.18. The molecule has 5 heteroatoms. The third-order valence-corrected chi connectivity index (χ3v) is 3.39. The first-order valence-electron chi connectivity index (χ1n) is 5.03. The number of rotatable bonds is 1. The highest BCUT2D eigenvalue weighted by Gasteiger charge is 2.25. The van der Waals surface area contributed by atoms with Crippen molar-refractivity contribution in [2.45, 2.75) is 11.2 Å². The van der Waals surface area contributed by atoms with E-state index in [4.69, 9.17) is 5.11 Å². The summed E-state index contributed by atoms with van der Waals surface area (Å²) in [5, 5.41) is 18.5. The van der Waals surface area contributed by atoms with E-state index in [1.54, 1.807) is 4.90 Å². The van der Waals surface area contributed by atoms with Crippen LogP contribution in [0.4, 0.5) is 0 Å². The van der Waals surface area contributed by atoms with Gasteiger partial charge >= 0.3 is 0 Å². The molecule has 4 nitrogen and oxygen atoms in total. The molecule has 1 aromatic carbocycles. The van der Waals surface area contributed by atoms with Crippen LogP contribution in [0.1, 0.15) is 16.8 Å². The Morgan fingerprint density at radius 2 is 2.12 bits per heavy atom. The Kier molecular flexibility index (Phi) is 3.05. The maximum absolute atomic E-state index is 12.0. The van der Waals surface area contributed by atoms with Crippen molar-refractivity contribution in [1.82, 2.24) is 4.90 Å². The monoisotopic (exact) mass is 285 g/mol. The summed E-state index contributed by atoms with van der Waals surface area (Å²) in [5.74, 6) is -0.589. The van der Waals surface area contributed by atoms with Crippen molar-refractivity contribution in [2.24, 2.45) is 0 Å². The van der Waals surface area contributed by atoms with E-state index in [1.165, 1.54) is 18.2 Å². The number of carbonyl (C=O) groups is 1. The SMILES string of the molecule is O=C(c1ccc(O)c(O)c1)N1CCC(Br)C1. The van der Waals surface area contributed by atoms with Crippen LogP contribution in [0.5, 0.6) is 11.5 Å². The van der Waals surface area contributed by atoms with Gasteiger partial charge in [0.25, 0.3) is 5.91 Å². The quantitative estimate of drug-likeness (QED) is 0.610. The van der Waals surface area contributed by atoms with Gasteiger partial charge in [-0.3, -0.25) is 4.79 Å². The van der Waals surface area contributed by atoms with Crippen molar-refractivity contribution in [1.29, 1.82) is 0 Å². The number of nitrogens with zero attached hydrogens (tertiary/aromatic N) is 1. The van der Waals surface area contributed by atoms with Crippen molar-refractivity contribution in [3.05, 3.63) is 23.8 Å². The predicted molar refractivity (Wildman–Crippen MR) is 63.0 cm³/mol. The molecule has 1 fully saturated rings. The number of carbonyl (C=O) groups excluding carboxylic acids is 1. The number of aromatic hydroxyl groups is 2. The average molecular weight is 286 g/mol. The molecule has 0 spiro atoms. The fourth-order valence-corrected chi connectivity index (χ4v) is 2.30. The van der Waals surface area contributed by atoms with Crippen LogP contribution in [-0.4, -0.2) is 38.9 Å². The van der Waals surface area contributed by atoms with E-state index in [-0.39, 0.29) is 17.4 Å². The molecule has 1 heterocycles.